The Morgan fingerprint density at radius 1 is 1.43 bits per heavy atom. The molecule has 3 N–H and O–H groups in total. The maximum absolute atomic E-state index is 11.9. The Bertz CT molecular complexity index is 666. The van der Waals surface area contributed by atoms with E-state index < -0.39 is 0 Å². The average molecular weight is 284 g/mol. The molecule has 3 rings (SSSR count). The lowest BCUT2D eigenvalue weighted by Crippen LogP contribution is -2.36. The Morgan fingerprint density at radius 3 is 2.90 bits per heavy atom. The molecule has 1 aliphatic rings. The molecule has 0 spiro atoms. The molecule has 0 atom stereocenters. The summed E-state index contributed by atoms with van der Waals surface area (Å²) in [6.07, 6.45) is 2.20. The van der Waals surface area contributed by atoms with Crippen LogP contribution < -0.4 is 16.0 Å². The van der Waals surface area contributed by atoms with Gasteiger partial charge in [-0.05, 0) is 30.5 Å². The number of hydrogen-bond donors (Lipinski definition) is 2. The van der Waals surface area contributed by atoms with E-state index in [-0.39, 0.29) is 5.91 Å². The molecule has 0 bridgehead atoms. The van der Waals surface area contributed by atoms with Crippen LogP contribution in [0.3, 0.4) is 0 Å². The lowest BCUT2D eigenvalue weighted by molar-refractivity contribution is -0.119. The van der Waals surface area contributed by atoms with Gasteiger partial charge in [0.25, 0.3) is 0 Å². The molecule has 5 nitrogen and oxygen atoms in total. The fourth-order valence-electron chi connectivity index (χ4n) is 2.39. The van der Waals surface area contributed by atoms with Gasteiger partial charge in [0, 0.05) is 25.0 Å². The molecule has 1 heterocycles. The molecular formula is C16H20N4O. The van der Waals surface area contributed by atoms with Crippen LogP contribution in [0, 0.1) is 0 Å². The zero-order valence-electron chi connectivity index (χ0n) is 12.2. The smallest absolute Gasteiger partial charge is 0.239 e. The van der Waals surface area contributed by atoms with Crippen molar-refractivity contribution < 1.29 is 4.79 Å². The van der Waals surface area contributed by atoms with Gasteiger partial charge in [0.1, 0.15) is 5.82 Å². The highest BCUT2D eigenvalue weighted by Crippen LogP contribution is 2.22. The van der Waals surface area contributed by atoms with Crippen LogP contribution in [0.1, 0.15) is 18.4 Å². The first-order valence-corrected chi connectivity index (χ1v) is 7.26. The van der Waals surface area contributed by atoms with Gasteiger partial charge in [0.15, 0.2) is 0 Å². The number of nitrogens with zero attached hydrogens (tertiary/aromatic N) is 2. The van der Waals surface area contributed by atoms with E-state index in [1.165, 1.54) is 0 Å². The first-order chi connectivity index (χ1) is 10.2. The second-order valence-electron chi connectivity index (χ2n) is 5.56. The fraction of sp³-hybridized carbons (Fsp3) is 0.375. The summed E-state index contributed by atoms with van der Waals surface area (Å²) in [7, 11) is 1.88. The molecule has 1 aromatic carbocycles. The van der Waals surface area contributed by atoms with E-state index in [0.29, 0.717) is 19.1 Å². The third-order valence-corrected chi connectivity index (χ3v) is 3.72. The molecular weight excluding hydrogens is 264 g/mol. The van der Waals surface area contributed by atoms with Crippen molar-refractivity contribution in [2.45, 2.75) is 25.4 Å². The highest BCUT2D eigenvalue weighted by atomic mass is 16.2. The van der Waals surface area contributed by atoms with Crippen molar-refractivity contribution in [3.05, 3.63) is 35.9 Å². The van der Waals surface area contributed by atoms with E-state index >= 15 is 0 Å². The normalized spacial score (nSPS) is 14.2. The summed E-state index contributed by atoms with van der Waals surface area (Å²) in [5.41, 5.74) is 7.79. The summed E-state index contributed by atoms with van der Waals surface area (Å²) in [5, 5.41) is 4.06. The van der Waals surface area contributed by atoms with Crippen LogP contribution in [0.25, 0.3) is 10.9 Å². The Labute approximate surface area is 124 Å². The monoisotopic (exact) mass is 284 g/mol. The number of carbonyl (C=O) groups excluding carboxylic acids is 1. The Morgan fingerprint density at radius 2 is 2.19 bits per heavy atom. The summed E-state index contributed by atoms with van der Waals surface area (Å²) in [6, 6.07) is 10.3. The number of likely N-dealkylation sites (N-methyl/N-ethyl adjacent to an activating group) is 1. The van der Waals surface area contributed by atoms with E-state index in [4.69, 9.17) is 5.73 Å². The van der Waals surface area contributed by atoms with Crippen LogP contribution in [0.2, 0.25) is 0 Å². The molecule has 0 radical (unpaired) electrons. The predicted octanol–water partition coefficient (Wildman–Crippen LogP) is 1.41. The number of pyridine rings is 1. The van der Waals surface area contributed by atoms with Gasteiger partial charge in [0.05, 0.1) is 12.1 Å². The molecule has 1 amide bonds. The second-order valence-corrected chi connectivity index (χ2v) is 5.56. The van der Waals surface area contributed by atoms with Crippen LogP contribution in [-0.2, 0) is 11.3 Å². The molecule has 21 heavy (non-hydrogen) atoms. The standard InChI is InChI=1S/C16H20N4O/c1-20(10-16(21)18-12-6-7-12)15-8-11(9-17)13-4-2-3-5-14(13)19-15/h2-5,8,12H,6-7,9-10,17H2,1H3,(H,18,21). The third kappa shape index (κ3) is 3.13. The van der Waals surface area contributed by atoms with Crippen LogP contribution in [0.5, 0.6) is 0 Å². The molecule has 1 aliphatic carbocycles. The lowest BCUT2D eigenvalue weighted by atomic mass is 10.1. The number of benzene rings is 1. The minimum atomic E-state index is 0.0456. The zero-order valence-corrected chi connectivity index (χ0v) is 12.2. The topological polar surface area (TPSA) is 71.2 Å². The summed E-state index contributed by atoms with van der Waals surface area (Å²) in [5.74, 6) is 0.823. The van der Waals surface area contributed by atoms with Gasteiger partial charge < -0.3 is 16.0 Å². The van der Waals surface area contributed by atoms with Crippen LogP contribution in [0.15, 0.2) is 30.3 Å². The van der Waals surface area contributed by atoms with Crippen molar-refractivity contribution in [3.8, 4) is 0 Å². The van der Waals surface area contributed by atoms with Gasteiger partial charge in [-0.3, -0.25) is 4.79 Å². The zero-order chi connectivity index (χ0) is 14.8. The molecule has 1 saturated carbocycles. The second kappa shape index (κ2) is 5.69. The molecule has 1 fully saturated rings. The molecule has 110 valence electrons. The number of rotatable bonds is 5. The van der Waals surface area contributed by atoms with Crippen molar-refractivity contribution in [3.63, 3.8) is 0 Å². The van der Waals surface area contributed by atoms with Crippen molar-refractivity contribution >= 4 is 22.6 Å². The molecule has 2 aromatic rings. The largest absolute Gasteiger partial charge is 0.352 e. The number of amides is 1. The number of anilines is 1. The van der Waals surface area contributed by atoms with E-state index in [9.17, 15) is 4.79 Å². The summed E-state index contributed by atoms with van der Waals surface area (Å²) >= 11 is 0. The highest BCUT2D eigenvalue weighted by Gasteiger charge is 2.23. The van der Waals surface area contributed by atoms with Crippen LogP contribution in [0.4, 0.5) is 5.82 Å². The minimum absolute atomic E-state index is 0.0456. The van der Waals surface area contributed by atoms with Gasteiger partial charge in [-0.1, -0.05) is 18.2 Å². The quantitative estimate of drug-likeness (QED) is 0.871. The maximum Gasteiger partial charge on any atom is 0.239 e. The Balaban J connectivity index is 1.83. The maximum atomic E-state index is 11.9. The van der Waals surface area contributed by atoms with E-state index in [2.05, 4.69) is 10.3 Å². The first kappa shape index (κ1) is 13.8. The fourth-order valence-corrected chi connectivity index (χ4v) is 2.39. The minimum Gasteiger partial charge on any atom is -0.352 e. The number of para-hydroxylation sites is 1. The van der Waals surface area contributed by atoms with Crippen molar-refractivity contribution in [1.29, 1.82) is 0 Å². The Hall–Kier alpha value is -2.14. The van der Waals surface area contributed by atoms with Crippen LogP contribution >= 0.6 is 0 Å². The third-order valence-electron chi connectivity index (χ3n) is 3.72. The van der Waals surface area contributed by atoms with Crippen molar-refractivity contribution in [2.75, 3.05) is 18.5 Å². The molecule has 0 saturated heterocycles. The number of fused-ring (bicyclic) bond motifs is 1. The lowest BCUT2D eigenvalue weighted by Gasteiger charge is -2.19. The SMILES string of the molecule is CN(CC(=O)NC1CC1)c1cc(CN)c2ccccc2n1. The van der Waals surface area contributed by atoms with Gasteiger partial charge in [0.2, 0.25) is 5.91 Å². The van der Waals surface area contributed by atoms with Crippen molar-refractivity contribution in [1.82, 2.24) is 10.3 Å². The van der Waals surface area contributed by atoms with Gasteiger partial charge in [-0.25, -0.2) is 4.98 Å². The molecule has 1 aromatic heterocycles. The van der Waals surface area contributed by atoms with E-state index in [0.717, 1.165) is 35.1 Å². The average Bonchev–Trinajstić information content (AvgIpc) is 3.29. The summed E-state index contributed by atoms with van der Waals surface area (Å²) < 4.78 is 0. The van der Waals surface area contributed by atoms with Gasteiger partial charge in [-0.2, -0.15) is 0 Å². The predicted molar refractivity (Wildman–Crippen MR) is 84.1 cm³/mol. The Kier molecular flexibility index (Phi) is 3.75. The summed E-state index contributed by atoms with van der Waals surface area (Å²) in [4.78, 5) is 18.4. The molecule has 0 unspecified atom stereocenters. The number of nitrogens with two attached hydrogens (primary N) is 1. The van der Waals surface area contributed by atoms with Gasteiger partial charge >= 0.3 is 0 Å². The van der Waals surface area contributed by atoms with Crippen LogP contribution in [-0.4, -0.2) is 30.5 Å². The highest BCUT2D eigenvalue weighted by molar-refractivity contribution is 5.85. The van der Waals surface area contributed by atoms with Gasteiger partial charge in [-0.15, -0.1) is 0 Å². The van der Waals surface area contributed by atoms with E-state index in [1.54, 1.807) is 0 Å². The number of carbonyl (C=O) groups is 1. The number of hydrogen-bond acceptors (Lipinski definition) is 4. The summed E-state index contributed by atoms with van der Waals surface area (Å²) in [6.45, 7) is 0.768. The molecule has 5 heteroatoms. The first-order valence-electron chi connectivity index (χ1n) is 7.26. The van der Waals surface area contributed by atoms with E-state index in [1.807, 2.05) is 42.3 Å². The number of aromatic nitrogens is 1. The number of nitrogens with one attached hydrogen (secondary N) is 1. The molecule has 0 aliphatic heterocycles. The van der Waals surface area contributed by atoms with Crippen molar-refractivity contribution in [2.24, 2.45) is 5.73 Å².